The van der Waals surface area contributed by atoms with Crippen LogP contribution in [0.3, 0.4) is 0 Å². The maximum absolute atomic E-state index is 13.5. The second kappa shape index (κ2) is 6.77. The van der Waals surface area contributed by atoms with E-state index in [0.29, 0.717) is 11.3 Å². The van der Waals surface area contributed by atoms with Gasteiger partial charge >= 0.3 is 0 Å². The highest BCUT2D eigenvalue weighted by Crippen LogP contribution is 2.15. The quantitative estimate of drug-likeness (QED) is 0.943. The Labute approximate surface area is 123 Å². The zero-order valence-corrected chi connectivity index (χ0v) is 11.7. The van der Waals surface area contributed by atoms with Gasteiger partial charge in [-0.15, -0.1) is 0 Å². The largest absolute Gasteiger partial charge is 0.324 e. The summed E-state index contributed by atoms with van der Waals surface area (Å²) >= 11 is 0. The average molecular weight is 302 g/mol. The molecule has 2 aromatic carbocycles. The van der Waals surface area contributed by atoms with Crippen molar-refractivity contribution in [3.05, 3.63) is 59.9 Å². The van der Waals surface area contributed by atoms with Gasteiger partial charge in [0.15, 0.2) is 0 Å². The van der Waals surface area contributed by atoms with Crippen LogP contribution in [-0.4, -0.2) is 15.9 Å². The highest BCUT2D eigenvalue weighted by atomic mass is 32.2. The van der Waals surface area contributed by atoms with Crippen LogP contribution in [0.4, 0.5) is 10.1 Å². The van der Waals surface area contributed by atoms with Crippen molar-refractivity contribution in [2.24, 2.45) is 0 Å². The maximum Gasteiger partial charge on any atom is 0.237 e. The third-order valence-electron chi connectivity index (χ3n) is 2.67. The van der Waals surface area contributed by atoms with Gasteiger partial charge in [-0.05, 0) is 24.3 Å². The Bertz CT molecular complexity index is 740. The lowest BCUT2D eigenvalue weighted by Crippen LogP contribution is -2.20. The standard InChI is InChI=1S/C15H11FN2O2S/c16-12-6-2-4-8-14(12)21(20)10-15(19)18-13-7-3-1-5-11(13)9-17/h1-8H,10H2,(H,18,19). The molecular weight excluding hydrogens is 291 g/mol. The number of nitrogens with one attached hydrogen (secondary N) is 1. The lowest BCUT2D eigenvalue weighted by atomic mass is 10.2. The molecule has 1 unspecified atom stereocenters. The van der Waals surface area contributed by atoms with E-state index in [4.69, 9.17) is 5.26 Å². The maximum atomic E-state index is 13.5. The summed E-state index contributed by atoms with van der Waals surface area (Å²) in [5, 5.41) is 11.4. The third-order valence-corrected chi connectivity index (χ3v) is 4.01. The number of hydrogen-bond acceptors (Lipinski definition) is 3. The number of rotatable bonds is 4. The number of carbonyl (C=O) groups is 1. The van der Waals surface area contributed by atoms with E-state index in [1.54, 1.807) is 30.3 Å². The third kappa shape index (κ3) is 3.74. The highest BCUT2D eigenvalue weighted by Gasteiger charge is 2.14. The molecule has 0 spiro atoms. The van der Waals surface area contributed by atoms with Gasteiger partial charge in [0, 0.05) is 0 Å². The van der Waals surface area contributed by atoms with Gasteiger partial charge in [-0.2, -0.15) is 5.26 Å². The normalized spacial score (nSPS) is 11.4. The van der Waals surface area contributed by atoms with E-state index >= 15 is 0 Å². The molecule has 2 rings (SSSR count). The molecule has 0 aliphatic heterocycles. The molecule has 0 aromatic heterocycles. The molecule has 0 bridgehead atoms. The molecule has 0 radical (unpaired) electrons. The first-order chi connectivity index (χ1) is 10.1. The predicted molar refractivity (Wildman–Crippen MR) is 77.5 cm³/mol. The number of para-hydroxylation sites is 1. The zero-order valence-electron chi connectivity index (χ0n) is 10.9. The minimum Gasteiger partial charge on any atom is -0.324 e. The zero-order chi connectivity index (χ0) is 15.2. The van der Waals surface area contributed by atoms with Crippen molar-refractivity contribution in [3.8, 4) is 6.07 Å². The summed E-state index contributed by atoms with van der Waals surface area (Å²) in [6, 6.07) is 14.0. The predicted octanol–water partition coefficient (Wildman–Crippen LogP) is 2.44. The molecule has 0 aliphatic rings. The minimum absolute atomic E-state index is 0.0128. The molecule has 1 atom stereocenters. The SMILES string of the molecule is N#Cc1ccccc1NC(=O)CS(=O)c1ccccc1F. The summed E-state index contributed by atoms with van der Waals surface area (Å²) in [5.74, 6) is -1.53. The Morgan fingerprint density at radius 3 is 2.57 bits per heavy atom. The van der Waals surface area contributed by atoms with Crippen LogP contribution in [0.1, 0.15) is 5.56 Å². The van der Waals surface area contributed by atoms with Crippen LogP contribution in [0.25, 0.3) is 0 Å². The van der Waals surface area contributed by atoms with Crippen molar-refractivity contribution in [1.82, 2.24) is 0 Å². The number of halogens is 1. The highest BCUT2D eigenvalue weighted by molar-refractivity contribution is 7.85. The summed E-state index contributed by atoms with van der Waals surface area (Å²) in [5.41, 5.74) is 0.651. The van der Waals surface area contributed by atoms with Crippen LogP contribution < -0.4 is 5.32 Å². The van der Waals surface area contributed by atoms with Gasteiger partial charge in [-0.1, -0.05) is 24.3 Å². The van der Waals surface area contributed by atoms with E-state index in [-0.39, 0.29) is 10.6 Å². The fourth-order valence-electron chi connectivity index (χ4n) is 1.70. The van der Waals surface area contributed by atoms with Crippen molar-refractivity contribution < 1.29 is 13.4 Å². The Hall–Kier alpha value is -2.52. The Balaban J connectivity index is 2.08. The number of anilines is 1. The monoisotopic (exact) mass is 302 g/mol. The molecule has 2 aromatic rings. The molecular formula is C15H11FN2O2S. The van der Waals surface area contributed by atoms with Gasteiger partial charge in [-0.3, -0.25) is 9.00 Å². The fourth-order valence-corrected chi connectivity index (χ4v) is 2.68. The van der Waals surface area contributed by atoms with Crippen molar-refractivity contribution in [3.63, 3.8) is 0 Å². The Morgan fingerprint density at radius 2 is 1.86 bits per heavy atom. The summed E-state index contributed by atoms with van der Waals surface area (Å²) in [7, 11) is -1.78. The van der Waals surface area contributed by atoms with Crippen molar-refractivity contribution in [2.75, 3.05) is 11.1 Å². The molecule has 21 heavy (non-hydrogen) atoms. The number of nitriles is 1. The van der Waals surface area contributed by atoms with E-state index in [1.165, 1.54) is 18.2 Å². The van der Waals surface area contributed by atoms with E-state index in [1.807, 2.05) is 6.07 Å². The molecule has 0 aliphatic carbocycles. The Morgan fingerprint density at radius 1 is 1.19 bits per heavy atom. The lowest BCUT2D eigenvalue weighted by molar-refractivity contribution is -0.113. The van der Waals surface area contributed by atoms with Crippen molar-refractivity contribution in [1.29, 1.82) is 5.26 Å². The van der Waals surface area contributed by atoms with Gasteiger partial charge < -0.3 is 5.32 Å². The van der Waals surface area contributed by atoms with E-state index in [0.717, 1.165) is 0 Å². The first kappa shape index (κ1) is 14.9. The van der Waals surface area contributed by atoms with E-state index < -0.39 is 22.5 Å². The first-order valence-corrected chi connectivity index (χ1v) is 7.35. The average Bonchev–Trinajstić information content (AvgIpc) is 2.48. The molecule has 0 saturated heterocycles. The van der Waals surface area contributed by atoms with Crippen LogP contribution >= 0.6 is 0 Å². The van der Waals surface area contributed by atoms with Crippen LogP contribution in [0.2, 0.25) is 0 Å². The van der Waals surface area contributed by atoms with E-state index in [9.17, 15) is 13.4 Å². The molecule has 1 amide bonds. The second-order valence-electron chi connectivity index (χ2n) is 4.13. The summed E-state index contributed by atoms with van der Waals surface area (Å²) in [6.45, 7) is 0. The molecule has 106 valence electrons. The van der Waals surface area contributed by atoms with Gasteiger partial charge in [0.1, 0.15) is 17.6 Å². The van der Waals surface area contributed by atoms with E-state index in [2.05, 4.69) is 5.32 Å². The minimum atomic E-state index is -1.78. The second-order valence-corrected chi connectivity index (χ2v) is 5.55. The topological polar surface area (TPSA) is 70.0 Å². The summed E-state index contributed by atoms with van der Waals surface area (Å²) in [4.78, 5) is 11.8. The molecule has 1 N–H and O–H groups in total. The van der Waals surface area contributed by atoms with Crippen LogP contribution in [0.15, 0.2) is 53.4 Å². The molecule has 4 nitrogen and oxygen atoms in total. The van der Waals surface area contributed by atoms with Crippen LogP contribution in [0.5, 0.6) is 0 Å². The first-order valence-electron chi connectivity index (χ1n) is 6.03. The molecule has 0 heterocycles. The fraction of sp³-hybridized carbons (Fsp3) is 0.0667. The summed E-state index contributed by atoms with van der Waals surface area (Å²) in [6.07, 6.45) is 0. The summed E-state index contributed by atoms with van der Waals surface area (Å²) < 4.78 is 25.4. The van der Waals surface area contributed by atoms with Crippen LogP contribution in [-0.2, 0) is 15.6 Å². The van der Waals surface area contributed by atoms with Crippen LogP contribution in [0, 0.1) is 17.1 Å². The number of amides is 1. The lowest BCUT2D eigenvalue weighted by Gasteiger charge is -2.07. The Kier molecular flexibility index (Phi) is 4.80. The number of benzene rings is 2. The molecule has 6 heteroatoms. The van der Waals surface area contributed by atoms with Gasteiger partial charge in [-0.25, -0.2) is 4.39 Å². The van der Waals surface area contributed by atoms with Gasteiger partial charge in [0.25, 0.3) is 0 Å². The number of hydrogen-bond donors (Lipinski definition) is 1. The molecule has 0 saturated carbocycles. The van der Waals surface area contributed by atoms with Crippen molar-refractivity contribution in [2.45, 2.75) is 4.90 Å². The smallest absolute Gasteiger partial charge is 0.237 e. The van der Waals surface area contributed by atoms with Gasteiger partial charge in [0.05, 0.1) is 26.9 Å². The molecule has 0 fully saturated rings. The van der Waals surface area contributed by atoms with Gasteiger partial charge in [0.2, 0.25) is 5.91 Å². The number of nitrogens with zero attached hydrogens (tertiary/aromatic N) is 1. The van der Waals surface area contributed by atoms with Crippen molar-refractivity contribution >= 4 is 22.4 Å². The number of carbonyl (C=O) groups excluding carboxylic acids is 1.